The molecule has 44 valence electrons. The summed E-state index contributed by atoms with van der Waals surface area (Å²) in [7, 11) is 0. The Morgan fingerprint density at radius 1 is 2.00 bits per heavy atom. The first kappa shape index (κ1) is 9.91. The minimum absolute atomic E-state index is 0.250. The van der Waals surface area contributed by atoms with E-state index < -0.39 is 5.24 Å². The maximum atomic E-state index is 9.09. The van der Waals surface area contributed by atoms with E-state index in [1.165, 1.54) is 0 Å². The largest absolute Gasteiger partial charge is 0.397 e. The van der Waals surface area contributed by atoms with Crippen molar-refractivity contribution in [1.82, 2.24) is 0 Å². The van der Waals surface area contributed by atoms with Crippen LogP contribution in [0.3, 0.4) is 0 Å². The Bertz CT molecular complexity index is 44.2. The van der Waals surface area contributed by atoms with Crippen molar-refractivity contribution >= 4 is 17.9 Å². The Labute approximate surface area is 47.9 Å². The van der Waals surface area contributed by atoms with E-state index >= 15 is 0 Å². The minimum atomic E-state index is -0.639. The monoisotopic (exact) mass is 123 g/mol. The molecule has 4 heteroatoms. The zero-order valence-electron chi connectivity index (χ0n) is 4.09. The average Bonchev–Trinajstić information content (AvgIpc) is 1.33. The Hall–Kier alpha value is -0.220. The van der Waals surface area contributed by atoms with Crippen molar-refractivity contribution in [3.05, 3.63) is 0 Å². The average molecular weight is 123 g/mol. The molecule has 0 heterocycles. The molecule has 0 aliphatic carbocycles. The lowest BCUT2D eigenvalue weighted by Gasteiger charge is -1.58. The number of nitrogens with two attached hydrogens (primary N) is 1. The van der Waals surface area contributed by atoms with Crippen LogP contribution in [0.5, 0.6) is 0 Å². The zero-order valence-corrected chi connectivity index (χ0v) is 4.98. The topological polar surface area (TPSA) is 63.3 Å². The molecule has 0 aromatic heterocycles. The van der Waals surface area contributed by atoms with E-state index in [1.54, 1.807) is 6.92 Å². The first-order valence-corrected chi connectivity index (χ1v) is 2.19. The number of rotatable bonds is 0. The molecule has 0 atom stereocenters. The molecule has 0 aromatic carbocycles. The van der Waals surface area contributed by atoms with Crippen LogP contribution in [0.4, 0.5) is 4.79 Å². The lowest BCUT2D eigenvalue weighted by atomic mass is 10.9. The molecule has 3 nitrogen and oxygen atoms in total. The number of primary amides is 1. The van der Waals surface area contributed by atoms with Gasteiger partial charge in [-0.15, -0.1) is 0 Å². The van der Waals surface area contributed by atoms with Crippen LogP contribution in [0.2, 0.25) is 0 Å². The first-order chi connectivity index (χ1) is 3.15. The van der Waals surface area contributed by atoms with Gasteiger partial charge in [0.15, 0.2) is 0 Å². The van der Waals surface area contributed by atoms with Gasteiger partial charge in [-0.1, -0.05) is 12.6 Å². The third-order valence-electron chi connectivity index (χ3n) is 0. The van der Waals surface area contributed by atoms with E-state index in [-0.39, 0.29) is 6.61 Å². The van der Waals surface area contributed by atoms with Crippen LogP contribution in [0.15, 0.2) is 0 Å². The molecular weight excluding hydrogens is 114 g/mol. The first-order valence-electron chi connectivity index (χ1n) is 1.74. The van der Waals surface area contributed by atoms with Crippen molar-refractivity contribution in [2.24, 2.45) is 5.73 Å². The van der Waals surface area contributed by atoms with Gasteiger partial charge in [0.2, 0.25) is 0 Å². The predicted octanol–water partition coefficient (Wildman–Crippen LogP) is -0.00650. The summed E-state index contributed by atoms with van der Waals surface area (Å²) in [4.78, 5) is 9.09. The molecule has 0 saturated heterocycles. The van der Waals surface area contributed by atoms with Crippen molar-refractivity contribution in [3.63, 3.8) is 0 Å². The summed E-state index contributed by atoms with van der Waals surface area (Å²) in [5, 5.41) is 6.93. The van der Waals surface area contributed by atoms with Crippen molar-refractivity contribution in [2.45, 2.75) is 6.92 Å². The molecule has 0 aliphatic rings. The molecular formula is C3H9NO2S. The molecule has 0 bridgehead atoms. The Morgan fingerprint density at radius 2 is 2.00 bits per heavy atom. The third-order valence-corrected chi connectivity index (χ3v) is 0. The Balaban J connectivity index is 0. The second kappa shape index (κ2) is 9.24. The highest BCUT2D eigenvalue weighted by Crippen LogP contribution is 1.60. The van der Waals surface area contributed by atoms with Crippen molar-refractivity contribution in [3.8, 4) is 0 Å². The van der Waals surface area contributed by atoms with Gasteiger partial charge in [-0.25, -0.2) is 0 Å². The van der Waals surface area contributed by atoms with Crippen LogP contribution in [0.1, 0.15) is 6.92 Å². The molecule has 0 spiro atoms. The van der Waals surface area contributed by atoms with E-state index in [0.717, 1.165) is 0 Å². The van der Waals surface area contributed by atoms with Crippen LogP contribution in [0, 0.1) is 0 Å². The van der Waals surface area contributed by atoms with Crippen molar-refractivity contribution in [2.75, 3.05) is 6.61 Å². The van der Waals surface area contributed by atoms with E-state index in [4.69, 9.17) is 9.90 Å². The quantitative estimate of drug-likeness (QED) is 0.397. The van der Waals surface area contributed by atoms with Gasteiger partial charge in [0.05, 0.1) is 0 Å². The molecule has 1 amide bonds. The van der Waals surface area contributed by atoms with E-state index in [1.807, 2.05) is 0 Å². The molecule has 7 heavy (non-hydrogen) atoms. The maximum Gasteiger partial charge on any atom is 0.273 e. The normalized spacial score (nSPS) is 6.14. The summed E-state index contributed by atoms with van der Waals surface area (Å²) in [5.41, 5.74) is 4.34. The number of carbonyl (C=O) groups is 1. The number of hydrogen-bond donors (Lipinski definition) is 3. The van der Waals surface area contributed by atoms with Gasteiger partial charge in [-0.2, -0.15) is 0 Å². The standard InChI is InChI=1S/C2H6O.CH3NOS/c1-2-3;2-1(3)4/h3H,2H2,1H3;(H3,2,3,4). The lowest BCUT2D eigenvalue weighted by molar-refractivity contribution is 0.267. The lowest BCUT2D eigenvalue weighted by Crippen LogP contribution is -1.95. The molecule has 3 N–H and O–H groups in total. The summed E-state index contributed by atoms with van der Waals surface area (Å²) in [5.74, 6) is 0. The Morgan fingerprint density at radius 3 is 2.00 bits per heavy atom. The number of aliphatic hydroxyl groups excluding tert-OH is 1. The van der Waals surface area contributed by atoms with Gasteiger partial charge < -0.3 is 10.8 Å². The highest BCUT2D eigenvalue weighted by Gasteiger charge is 1.63. The third kappa shape index (κ3) is 1710. The number of carbonyl (C=O) groups excluding carboxylic acids is 1. The van der Waals surface area contributed by atoms with Crippen LogP contribution < -0.4 is 5.73 Å². The van der Waals surface area contributed by atoms with Crippen molar-refractivity contribution in [1.29, 1.82) is 0 Å². The molecule has 0 aromatic rings. The van der Waals surface area contributed by atoms with E-state index in [9.17, 15) is 0 Å². The summed E-state index contributed by atoms with van der Waals surface area (Å²) in [6.45, 7) is 1.93. The second-order valence-electron chi connectivity index (χ2n) is 0.654. The fraction of sp³-hybridized carbons (Fsp3) is 0.667. The van der Waals surface area contributed by atoms with Gasteiger partial charge >= 0.3 is 0 Å². The molecule has 0 radical (unpaired) electrons. The smallest absolute Gasteiger partial charge is 0.273 e. The zero-order chi connectivity index (χ0) is 6.28. The van der Waals surface area contributed by atoms with Crippen LogP contribution in [-0.2, 0) is 0 Å². The van der Waals surface area contributed by atoms with Gasteiger partial charge in [-0.3, -0.25) is 4.79 Å². The molecule has 0 fully saturated rings. The summed E-state index contributed by atoms with van der Waals surface area (Å²) >= 11 is 3.10. The summed E-state index contributed by atoms with van der Waals surface area (Å²) in [6, 6.07) is 0. The molecule has 0 rings (SSSR count). The van der Waals surface area contributed by atoms with Crippen LogP contribution in [-0.4, -0.2) is 17.0 Å². The van der Waals surface area contributed by atoms with E-state index in [2.05, 4.69) is 18.4 Å². The highest BCUT2D eigenvalue weighted by molar-refractivity contribution is 7.96. The fourth-order valence-corrected chi connectivity index (χ4v) is 0. The summed E-state index contributed by atoms with van der Waals surface area (Å²) in [6.07, 6.45) is 0. The van der Waals surface area contributed by atoms with Gasteiger partial charge in [-0.05, 0) is 6.92 Å². The summed E-state index contributed by atoms with van der Waals surface area (Å²) < 4.78 is 0. The number of thiol groups is 1. The van der Waals surface area contributed by atoms with E-state index in [0.29, 0.717) is 0 Å². The molecule has 0 aliphatic heterocycles. The predicted molar refractivity (Wildman–Crippen MR) is 31.3 cm³/mol. The SMILES string of the molecule is CCO.NC(=O)S. The molecule has 0 saturated carbocycles. The minimum Gasteiger partial charge on any atom is -0.397 e. The van der Waals surface area contributed by atoms with Crippen molar-refractivity contribution < 1.29 is 9.90 Å². The van der Waals surface area contributed by atoms with Gasteiger partial charge in [0.1, 0.15) is 0 Å². The highest BCUT2D eigenvalue weighted by atomic mass is 32.1. The van der Waals surface area contributed by atoms with Gasteiger partial charge in [0, 0.05) is 6.61 Å². The second-order valence-corrected chi connectivity index (χ2v) is 1.10. The number of hydrogen-bond acceptors (Lipinski definition) is 2. The maximum absolute atomic E-state index is 9.09. The molecule has 0 unspecified atom stereocenters. The fourth-order valence-electron chi connectivity index (χ4n) is 0. The van der Waals surface area contributed by atoms with Gasteiger partial charge in [0.25, 0.3) is 5.24 Å². The van der Waals surface area contributed by atoms with Crippen LogP contribution >= 0.6 is 12.6 Å². The number of aliphatic hydroxyl groups is 1. The van der Waals surface area contributed by atoms with Crippen LogP contribution in [0.25, 0.3) is 0 Å². The number of amides is 1. The Kier molecular flexibility index (Phi) is 13.1.